The Labute approximate surface area is 209 Å². The van der Waals surface area contributed by atoms with Gasteiger partial charge < -0.3 is 5.11 Å². The molecule has 0 amide bonds. The lowest BCUT2D eigenvalue weighted by molar-refractivity contribution is -0.140. The summed E-state index contributed by atoms with van der Waals surface area (Å²) in [4.78, 5) is 13.8. The molecule has 1 aliphatic carbocycles. The molecule has 1 saturated heterocycles. The minimum absolute atomic E-state index is 0.0375. The number of likely N-dealkylation sites (tertiary alicyclic amines) is 1. The van der Waals surface area contributed by atoms with Gasteiger partial charge in [-0.05, 0) is 64.9 Å². The number of alkyl halides is 5. The molecule has 0 spiro atoms. The number of hydrogen-bond acceptors (Lipinski definition) is 2. The van der Waals surface area contributed by atoms with Crippen molar-refractivity contribution in [3.8, 4) is 11.1 Å². The maximum atomic E-state index is 14.3. The summed E-state index contributed by atoms with van der Waals surface area (Å²) in [5, 5.41) is 10.0. The first-order chi connectivity index (χ1) is 17.4. The number of rotatable bonds is 6. The van der Waals surface area contributed by atoms with E-state index in [1.807, 2.05) is 0 Å². The Morgan fingerprint density at radius 2 is 1.57 bits per heavy atom. The molecule has 5 rings (SSSR count). The van der Waals surface area contributed by atoms with E-state index >= 15 is 0 Å². The van der Waals surface area contributed by atoms with Crippen LogP contribution in [0.4, 0.5) is 26.3 Å². The zero-order valence-electron chi connectivity index (χ0n) is 19.5. The second kappa shape index (κ2) is 8.90. The molecular formula is C28H23F6NO2. The number of carboxylic acid groups (broad SMARTS) is 1. The maximum Gasteiger partial charge on any atom is 0.416 e. The highest BCUT2D eigenvalue weighted by molar-refractivity contribution is 5.89. The molecule has 3 aromatic carbocycles. The fourth-order valence-corrected chi connectivity index (χ4v) is 5.28. The Morgan fingerprint density at radius 1 is 0.919 bits per heavy atom. The topological polar surface area (TPSA) is 40.5 Å². The number of aliphatic carboxylic acids is 1. The van der Waals surface area contributed by atoms with Gasteiger partial charge in [0.25, 0.3) is 5.92 Å². The van der Waals surface area contributed by atoms with Crippen LogP contribution in [0.2, 0.25) is 0 Å². The van der Waals surface area contributed by atoms with E-state index in [9.17, 15) is 36.2 Å². The predicted molar refractivity (Wildman–Crippen MR) is 125 cm³/mol. The predicted octanol–water partition coefficient (Wildman–Crippen LogP) is 7.06. The minimum Gasteiger partial charge on any atom is -0.481 e. The SMILES string of the molecule is O=C(O)C1(c2cccc(C(c3ccc(F)cc3)N3CCC(F)(F)C3)c2-c2ccc(C(F)(F)F)cc2)CC1. The maximum absolute atomic E-state index is 14.3. The third-order valence-electron chi connectivity index (χ3n) is 7.32. The van der Waals surface area contributed by atoms with Crippen molar-refractivity contribution in [2.24, 2.45) is 0 Å². The van der Waals surface area contributed by atoms with Gasteiger partial charge in [-0.2, -0.15) is 13.2 Å². The Kier molecular flexibility index (Phi) is 6.09. The quantitative estimate of drug-likeness (QED) is 0.355. The van der Waals surface area contributed by atoms with E-state index in [-0.39, 0.29) is 13.0 Å². The van der Waals surface area contributed by atoms with Crippen LogP contribution in [0.1, 0.15) is 47.6 Å². The average molecular weight is 519 g/mol. The summed E-state index contributed by atoms with van der Waals surface area (Å²) < 4.78 is 82.2. The minimum atomic E-state index is -4.56. The van der Waals surface area contributed by atoms with Crippen LogP contribution in [0.5, 0.6) is 0 Å². The first-order valence-electron chi connectivity index (χ1n) is 11.8. The Bertz CT molecular complexity index is 1310. The van der Waals surface area contributed by atoms with Crippen LogP contribution in [0.15, 0.2) is 66.7 Å². The lowest BCUT2D eigenvalue weighted by Gasteiger charge is -2.32. The molecule has 1 saturated carbocycles. The molecule has 3 aromatic rings. The van der Waals surface area contributed by atoms with E-state index in [0.717, 1.165) is 12.1 Å². The van der Waals surface area contributed by atoms with Crippen molar-refractivity contribution in [2.45, 2.75) is 42.8 Å². The van der Waals surface area contributed by atoms with E-state index in [0.29, 0.717) is 40.7 Å². The summed E-state index contributed by atoms with van der Waals surface area (Å²) in [6.07, 6.45) is -4.23. The van der Waals surface area contributed by atoms with Crippen molar-refractivity contribution in [3.63, 3.8) is 0 Å². The van der Waals surface area contributed by atoms with E-state index < -0.39 is 47.5 Å². The second-order valence-corrected chi connectivity index (χ2v) is 9.76. The van der Waals surface area contributed by atoms with Gasteiger partial charge in [0.2, 0.25) is 0 Å². The highest BCUT2D eigenvalue weighted by Gasteiger charge is 2.53. The molecule has 1 unspecified atom stereocenters. The molecule has 1 atom stereocenters. The first-order valence-corrected chi connectivity index (χ1v) is 11.8. The highest BCUT2D eigenvalue weighted by Crippen LogP contribution is 2.54. The van der Waals surface area contributed by atoms with Crippen molar-refractivity contribution >= 4 is 5.97 Å². The summed E-state index contributed by atoms with van der Waals surface area (Å²) >= 11 is 0. The lowest BCUT2D eigenvalue weighted by Crippen LogP contribution is -2.31. The average Bonchev–Trinajstić information content (AvgIpc) is 3.58. The van der Waals surface area contributed by atoms with Gasteiger partial charge in [-0.25, -0.2) is 13.2 Å². The van der Waals surface area contributed by atoms with E-state index in [1.54, 1.807) is 23.1 Å². The standard InChI is InChI=1S/C28H23F6NO2/c29-20-10-6-18(7-11-20)24(35-15-14-27(30,31)16-35)21-2-1-3-22(26(12-13-26)25(36)37)23(21)17-4-8-19(9-5-17)28(32,33)34/h1-11,24H,12-16H2,(H,36,37). The highest BCUT2D eigenvalue weighted by atomic mass is 19.4. The van der Waals surface area contributed by atoms with E-state index in [1.165, 1.54) is 36.4 Å². The molecule has 37 heavy (non-hydrogen) atoms. The molecular weight excluding hydrogens is 496 g/mol. The van der Waals surface area contributed by atoms with Crippen LogP contribution in [0.25, 0.3) is 11.1 Å². The van der Waals surface area contributed by atoms with E-state index in [2.05, 4.69) is 0 Å². The summed E-state index contributed by atoms with van der Waals surface area (Å²) in [6.45, 7) is -0.522. The van der Waals surface area contributed by atoms with Crippen molar-refractivity contribution in [3.05, 3.63) is 94.8 Å². The molecule has 1 aliphatic heterocycles. The van der Waals surface area contributed by atoms with Crippen molar-refractivity contribution in [1.82, 2.24) is 4.90 Å². The Hall–Kier alpha value is -3.33. The molecule has 3 nitrogen and oxygen atoms in total. The molecule has 194 valence electrons. The normalized spacial score (nSPS) is 19.5. The zero-order chi connectivity index (χ0) is 26.6. The summed E-state index contributed by atoms with van der Waals surface area (Å²) in [6, 6.07) is 14.0. The summed E-state index contributed by atoms with van der Waals surface area (Å²) in [7, 11) is 0. The van der Waals surface area contributed by atoms with Gasteiger partial charge in [0, 0.05) is 13.0 Å². The third-order valence-corrected chi connectivity index (χ3v) is 7.32. The molecule has 9 heteroatoms. The number of hydrogen-bond donors (Lipinski definition) is 1. The van der Waals surface area contributed by atoms with E-state index in [4.69, 9.17) is 0 Å². The Morgan fingerprint density at radius 3 is 2.08 bits per heavy atom. The molecule has 0 bridgehead atoms. The molecule has 2 aliphatic rings. The van der Waals surface area contributed by atoms with Gasteiger partial charge in [-0.3, -0.25) is 9.69 Å². The first kappa shape index (κ1) is 25.3. The van der Waals surface area contributed by atoms with Crippen LogP contribution in [0, 0.1) is 5.82 Å². The van der Waals surface area contributed by atoms with Gasteiger partial charge >= 0.3 is 12.1 Å². The van der Waals surface area contributed by atoms with Crippen LogP contribution in [-0.2, 0) is 16.4 Å². The number of carboxylic acids is 1. The number of halogens is 6. The number of benzene rings is 3. The van der Waals surface area contributed by atoms with Gasteiger partial charge in [0.15, 0.2) is 0 Å². The van der Waals surface area contributed by atoms with Crippen molar-refractivity contribution in [2.75, 3.05) is 13.1 Å². The fourth-order valence-electron chi connectivity index (χ4n) is 5.28. The van der Waals surface area contributed by atoms with Gasteiger partial charge in [0.05, 0.1) is 23.6 Å². The molecule has 0 aromatic heterocycles. The lowest BCUT2D eigenvalue weighted by atomic mass is 9.81. The van der Waals surface area contributed by atoms with Crippen LogP contribution < -0.4 is 0 Å². The van der Waals surface area contributed by atoms with Gasteiger partial charge in [0.1, 0.15) is 5.82 Å². The monoisotopic (exact) mass is 519 g/mol. The number of carbonyl (C=O) groups is 1. The molecule has 1 heterocycles. The van der Waals surface area contributed by atoms with Crippen molar-refractivity contribution < 1.29 is 36.2 Å². The Balaban J connectivity index is 1.74. The fraction of sp³-hybridized carbons (Fsp3) is 0.321. The second-order valence-electron chi connectivity index (χ2n) is 9.76. The summed E-state index contributed by atoms with van der Waals surface area (Å²) in [5.74, 6) is -4.50. The van der Waals surface area contributed by atoms with Crippen molar-refractivity contribution in [1.29, 1.82) is 0 Å². The van der Waals surface area contributed by atoms with Crippen LogP contribution >= 0.6 is 0 Å². The largest absolute Gasteiger partial charge is 0.481 e. The summed E-state index contributed by atoms with van der Waals surface area (Å²) in [5.41, 5.74) is 0.110. The smallest absolute Gasteiger partial charge is 0.416 e. The van der Waals surface area contributed by atoms with Crippen LogP contribution in [-0.4, -0.2) is 35.0 Å². The van der Waals surface area contributed by atoms with Gasteiger partial charge in [-0.1, -0.05) is 42.5 Å². The van der Waals surface area contributed by atoms with Crippen LogP contribution in [0.3, 0.4) is 0 Å². The molecule has 2 fully saturated rings. The molecule has 1 N–H and O–H groups in total. The van der Waals surface area contributed by atoms with Gasteiger partial charge in [-0.15, -0.1) is 0 Å². The number of nitrogens with zero attached hydrogens (tertiary/aromatic N) is 1. The third kappa shape index (κ3) is 4.72. The zero-order valence-corrected chi connectivity index (χ0v) is 19.5. The molecule has 0 radical (unpaired) electrons.